The molecule has 1 aromatic carbocycles. The molecule has 1 aromatic rings. The smallest absolute Gasteiger partial charge is 0.338 e. The highest BCUT2D eigenvalue weighted by molar-refractivity contribution is 5.93. The second kappa shape index (κ2) is 6.36. The van der Waals surface area contributed by atoms with Gasteiger partial charge in [0.1, 0.15) is 0 Å². The number of carbonyl (C=O) groups excluding carboxylic acids is 2. The molecule has 0 spiro atoms. The maximum absolute atomic E-state index is 11.6. The van der Waals surface area contributed by atoms with Crippen LogP contribution in [0.5, 0.6) is 0 Å². The largest absolute Gasteiger partial charge is 0.462 e. The van der Waals surface area contributed by atoms with Crippen molar-refractivity contribution in [1.82, 2.24) is 0 Å². The topological polar surface area (TPSA) is 55.4 Å². The van der Waals surface area contributed by atoms with Gasteiger partial charge in [-0.1, -0.05) is 6.92 Å². The summed E-state index contributed by atoms with van der Waals surface area (Å²) < 4.78 is 5.03. The zero-order chi connectivity index (χ0) is 13.7. The number of rotatable bonds is 6. The average Bonchev–Trinajstić information content (AvgIpc) is 3.20. The van der Waals surface area contributed by atoms with Crippen LogP contribution in [0.4, 0.5) is 5.69 Å². The predicted octanol–water partition coefficient (Wildman–Crippen LogP) is 2.99. The van der Waals surface area contributed by atoms with Gasteiger partial charge in [0.15, 0.2) is 0 Å². The van der Waals surface area contributed by atoms with E-state index in [-0.39, 0.29) is 11.9 Å². The molecule has 2 rings (SSSR count). The van der Waals surface area contributed by atoms with Gasteiger partial charge in [0.05, 0.1) is 12.2 Å². The van der Waals surface area contributed by atoms with Crippen LogP contribution in [0.1, 0.15) is 43.0 Å². The van der Waals surface area contributed by atoms with E-state index in [2.05, 4.69) is 5.32 Å². The molecule has 0 radical (unpaired) electrons. The number of hydrogen-bond donors (Lipinski definition) is 1. The Balaban J connectivity index is 1.86. The van der Waals surface area contributed by atoms with E-state index in [1.54, 1.807) is 24.3 Å². The maximum atomic E-state index is 11.6. The fourth-order valence-corrected chi connectivity index (χ4v) is 1.76. The number of amides is 1. The van der Waals surface area contributed by atoms with E-state index in [9.17, 15) is 9.59 Å². The van der Waals surface area contributed by atoms with Gasteiger partial charge >= 0.3 is 5.97 Å². The summed E-state index contributed by atoms with van der Waals surface area (Å²) in [6.07, 6.45) is 3.73. The summed E-state index contributed by atoms with van der Waals surface area (Å²) >= 11 is 0. The first kappa shape index (κ1) is 13.6. The third kappa shape index (κ3) is 4.39. The van der Waals surface area contributed by atoms with Crippen LogP contribution in [0, 0.1) is 5.92 Å². The van der Waals surface area contributed by atoms with E-state index in [4.69, 9.17) is 4.74 Å². The molecule has 1 amide bonds. The predicted molar refractivity (Wildman–Crippen MR) is 73.0 cm³/mol. The van der Waals surface area contributed by atoms with Crippen LogP contribution in [-0.2, 0) is 9.53 Å². The Kier molecular flexibility index (Phi) is 4.55. The van der Waals surface area contributed by atoms with Crippen molar-refractivity contribution in [3.63, 3.8) is 0 Å². The Morgan fingerprint density at radius 2 is 1.95 bits per heavy atom. The van der Waals surface area contributed by atoms with Crippen LogP contribution in [0.15, 0.2) is 24.3 Å². The number of anilines is 1. The molecule has 1 aliphatic carbocycles. The van der Waals surface area contributed by atoms with Gasteiger partial charge in [-0.15, -0.1) is 0 Å². The van der Waals surface area contributed by atoms with Gasteiger partial charge in [-0.2, -0.15) is 0 Å². The molecule has 1 fully saturated rings. The van der Waals surface area contributed by atoms with Crippen molar-refractivity contribution in [2.24, 2.45) is 5.92 Å². The molecule has 0 bridgehead atoms. The van der Waals surface area contributed by atoms with Crippen molar-refractivity contribution in [3.8, 4) is 0 Å². The molecule has 0 saturated heterocycles. The second-order valence-corrected chi connectivity index (χ2v) is 4.91. The minimum atomic E-state index is -0.322. The Labute approximate surface area is 113 Å². The lowest BCUT2D eigenvalue weighted by atomic mass is 10.2. The van der Waals surface area contributed by atoms with Crippen molar-refractivity contribution in [2.75, 3.05) is 11.9 Å². The van der Waals surface area contributed by atoms with Crippen molar-refractivity contribution < 1.29 is 14.3 Å². The third-order valence-corrected chi connectivity index (χ3v) is 3.01. The molecule has 1 saturated carbocycles. The number of ether oxygens (including phenoxy) is 1. The number of carbonyl (C=O) groups is 2. The first-order chi connectivity index (χ1) is 9.19. The highest BCUT2D eigenvalue weighted by Crippen LogP contribution is 2.32. The van der Waals surface area contributed by atoms with Gasteiger partial charge < -0.3 is 10.1 Å². The monoisotopic (exact) mass is 261 g/mol. The van der Waals surface area contributed by atoms with Crippen molar-refractivity contribution >= 4 is 17.6 Å². The molecule has 4 heteroatoms. The minimum absolute atomic E-state index is 0.0452. The van der Waals surface area contributed by atoms with Gasteiger partial charge in [0.2, 0.25) is 5.91 Å². The molecule has 102 valence electrons. The van der Waals surface area contributed by atoms with E-state index < -0.39 is 0 Å². The van der Waals surface area contributed by atoms with Crippen LogP contribution in [0.2, 0.25) is 0 Å². The van der Waals surface area contributed by atoms with Crippen molar-refractivity contribution in [2.45, 2.75) is 32.6 Å². The van der Waals surface area contributed by atoms with E-state index in [1.165, 1.54) is 0 Å². The molecule has 1 N–H and O–H groups in total. The maximum Gasteiger partial charge on any atom is 0.338 e. The van der Waals surface area contributed by atoms with Crippen molar-refractivity contribution in [3.05, 3.63) is 29.8 Å². The van der Waals surface area contributed by atoms with Crippen LogP contribution in [0.3, 0.4) is 0 Å². The minimum Gasteiger partial charge on any atom is -0.462 e. The summed E-state index contributed by atoms with van der Waals surface area (Å²) in [6.45, 7) is 2.38. The van der Waals surface area contributed by atoms with E-state index >= 15 is 0 Å². The molecule has 0 atom stereocenters. The summed E-state index contributed by atoms with van der Waals surface area (Å²) in [7, 11) is 0. The van der Waals surface area contributed by atoms with Gasteiger partial charge in [-0.3, -0.25) is 4.79 Å². The third-order valence-electron chi connectivity index (χ3n) is 3.01. The molecular weight excluding hydrogens is 242 g/mol. The Morgan fingerprint density at radius 3 is 2.53 bits per heavy atom. The fourth-order valence-electron chi connectivity index (χ4n) is 1.76. The quantitative estimate of drug-likeness (QED) is 0.801. The van der Waals surface area contributed by atoms with Crippen LogP contribution in [-0.4, -0.2) is 18.5 Å². The van der Waals surface area contributed by atoms with Crippen LogP contribution in [0.25, 0.3) is 0 Å². The Bertz CT molecular complexity index is 449. The molecule has 0 unspecified atom stereocenters. The molecular formula is C15H19NO3. The first-order valence-corrected chi connectivity index (χ1v) is 6.76. The standard InChI is InChI=1S/C15H19NO3/c1-2-9-19-15(18)12-5-7-13(8-6-12)16-14(17)10-11-3-4-11/h5-8,11H,2-4,9-10H2,1H3,(H,16,17). The lowest BCUT2D eigenvalue weighted by Crippen LogP contribution is -2.12. The number of benzene rings is 1. The lowest BCUT2D eigenvalue weighted by molar-refractivity contribution is -0.116. The van der Waals surface area contributed by atoms with Gasteiger partial charge in [0, 0.05) is 12.1 Å². The SMILES string of the molecule is CCCOC(=O)c1ccc(NC(=O)CC2CC2)cc1. The van der Waals surface area contributed by atoms with Crippen LogP contribution < -0.4 is 5.32 Å². The molecule has 1 aliphatic rings. The molecule has 19 heavy (non-hydrogen) atoms. The average molecular weight is 261 g/mol. The van der Waals surface area contributed by atoms with E-state index in [1.807, 2.05) is 6.92 Å². The summed E-state index contributed by atoms with van der Waals surface area (Å²) in [5, 5.41) is 2.83. The first-order valence-electron chi connectivity index (χ1n) is 6.76. The highest BCUT2D eigenvalue weighted by atomic mass is 16.5. The van der Waals surface area contributed by atoms with Crippen molar-refractivity contribution in [1.29, 1.82) is 0 Å². The molecule has 4 nitrogen and oxygen atoms in total. The van der Waals surface area contributed by atoms with Crippen LogP contribution >= 0.6 is 0 Å². The van der Waals surface area contributed by atoms with E-state index in [0.717, 1.165) is 24.9 Å². The number of esters is 1. The Morgan fingerprint density at radius 1 is 1.26 bits per heavy atom. The zero-order valence-electron chi connectivity index (χ0n) is 11.1. The summed E-state index contributed by atoms with van der Waals surface area (Å²) in [5.41, 5.74) is 1.23. The summed E-state index contributed by atoms with van der Waals surface area (Å²) in [6, 6.07) is 6.80. The van der Waals surface area contributed by atoms with Gasteiger partial charge in [-0.05, 0) is 49.4 Å². The van der Waals surface area contributed by atoms with Gasteiger partial charge in [0.25, 0.3) is 0 Å². The lowest BCUT2D eigenvalue weighted by Gasteiger charge is -2.06. The number of nitrogens with one attached hydrogen (secondary N) is 1. The molecule has 0 aliphatic heterocycles. The Hall–Kier alpha value is -1.84. The normalized spacial score (nSPS) is 13.9. The number of hydrogen-bond acceptors (Lipinski definition) is 3. The second-order valence-electron chi connectivity index (χ2n) is 4.91. The summed E-state index contributed by atoms with van der Waals surface area (Å²) in [4.78, 5) is 23.2. The van der Waals surface area contributed by atoms with E-state index in [0.29, 0.717) is 24.5 Å². The van der Waals surface area contributed by atoms with Gasteiger partial charge in [-0.25, -0.2) is 4.79 Å². The zero-order valence-corrected chi connectivity index (χ0v) is 11.1. The fraction of sp³-hybridized carbons (Fsp3) is 0.467. The summed E-state index contributed by atoms with van der Waals surface area (Å²) in [5.74, 6) is 0.296. The molecule has 0 aromatic heterocycles. The highest BCUT2D eigenvalue weighted by Gasteiger charge is 2.24. The molecule has 0 heterocycles.